The first-order chi connectivity index (χ1) is 31.8. The van der Waals surface area contributed by atoms with Gasteiger partial charge in [0.15, 0.2) is 0 Å². The van der Waals surface area contributed by atoms with E-state index in [2.05, 4.69) is 137 Å². The van der Waals surface area contributed by atoms with Gasteiger partial charge in [-0.05, 0) is 128 Å². The van der Waals surface area contributed by atoms with E-state index in [-0.39, 0.29) is 57.3 Å². The van der Waals surface area contributed by atoms with Crippen LogP contribution >= 0.6 is 23.5 Å². The van der Waals surface area contributed by atoms with Crippen molar-refractivity contribution in [3.63, 3.8) is 0 Å². The number of esters is 2. The van der Waals surface area contributed by atoms with Crippen LogP contribution in [0.5, 0.6) is 23.0 Å². The predicted octanol–water partition coefficient (Wildman–Crippen LogP) is 15.1. The van der Waals surface area contributed by atoms with Gasteiger partial charge in [-0.3, -0.25) is 9.59 Å². The largest absolute Gasteiger partial charge is 0.508 e. The number of benzene rings is 4. The SMILES string of the molecule is CC(C)(C)c1cc(CCC(=O)OCCSCCOC(=O)CCc2cc(C(C)(C)C)c(O)c(C(C)(C)C)c2)cc(C(C)(C)C)c1O.Cc1cc(O)c(C(C)(C)C)cc1Sc1cc(C(C)(C)C)c(O)cc1C. The molecule has 388 valence electrons. The van der Waals surface area contributed by atoms with Gasteiger partial charge in [-0.1, -0.05) is 161 Å². The van der Waals surface area contributed by atoms with Gasteiger partial charge in [0.25, 0.3) is 0 Å². The summed E-state index contributed by atoms with van der Waals surface area (Å²) in [4.78, 5) is 27.1. The summed E-state index contributed by atoms with van der Waals surface area (Å²) in [5.74, 6) is 2.15. The van der Waals surface area contributed by atoms with E-state index in [1.54, 1.807) is 23.5 Å². The fourth-order valence-electron chi connectivity index (χ4n) is 8.02. The van der Waals surface area contributed by atoms with Crippen LogP contribution in [0, 0.1) is 13.8 Å². The molecule has 0 bridgehead atoms. The minimum Gasteiger partial charge on any atom is -0.508 e. The molecule has 0 fully saturated rings. The number of carbonyl (C=O) groups is 2. The lowest BCUT2D eigenvalue weighted by Gasteiger charge is -2.28. The monoisotopic (exact) mass is 1000 g/mol. The summed E-state index contributed by atoms with van der Waals surface area (Å²) in [6.07, 6.45) is 1.65. The molecule has 0 atom stereocenters. The molecular formula is C60H88O8S2. The number of ether oxygens (including phenoxy) is 2. The molecule has 4 N–H and O–H groups in total. The minimum atomic E-state index is -0.247. The van der Waals surface area contributed by atoms with Crippen LogP contribution in [-0.4, -0.2) is 57.1 Å². The second kappa shape index (κ2) is 23.5. The number of phenols is 4. The van der Waals surface area contributed by atoms with Gasteiger partial charge in [-0.2, -0.15) is 11.8 Å². The predicted molar refractivity (Wildman–Crippen MR) is 294 cm³/mol. The van der Waals surface area contributed by atoms with Crippen LogP contribution < -0.4 is 0 Å². The van der Waals surface area contributed by atoms with Gasteiger partial charge in [0.2, 0.25) is 0 Å². The number of hydrogen-bond donors (Lipinski definition) is 4. The first-order valence-electron chi connectivity index (χ1n) is 24.8. The number of thioether (sulfide) groups is 1. The van der Waals surface area contributed by atoms with E-state index in [9.17, 15) is 30.0 Å². The fraction of sp³-hybridized carbons (Fsp3) is 0.567. The Bertz CT molecular complexity index is 2200. The third-order valence-electron chi connectivity index (χ3n) is 12.2. The normalized spacial score (nSPS) is 12.6. The first-order valence-corrected chi connectivity index (χ1v) is 26.8. The first kappa shape index (κ1) is 60.0. The number of aryl methyl sites for hydroxylation is 4. The van der Waals surface area contributed by atoms with Gasteiger partial charge in [-0.25, -0.2) is 0 Å². The van der Waals surface area contributed by atoms with E-state index >= 15 is 0 Å². The summed E-state index contributed by atoms with van der Waals surface area (Å²) >= 11 is 3.27. The average Bonchev–Trinajstić information content (AvgIpc) is 3.19. The lowest BCUT2D eigenvalue weighted by molar-refractivity contribution is -0.143. The van der Waals surface area contributed by atoms with Gasteiger partial charge in [-0.15, -0.1) is 0 Å². The summed E-state index contributed by atoms with van der Waals surface area (Å²) < 4.78 is 10.9. The van der Waals surface area contributed by atoms with Crippen molar-refractivity contribution in [3.8, 4) is 23.0 Å². The van der Waals surface area contributed by atoms with Crippen LogP contribution in [0.4, 0.5) is 0 Å². The summed E-state index contributed by atoms with van der Waals surface area (Å²) in [5.41, 5.74) is 8.51. The van der Waals surface area contributed by atoms with Crippen molar-refractivity contribution in [1.82, 2.24) is 0 Å². The Morgan fingerprint density at radius 3 is 0.957 bits per heavy atom. The molecule has 0 amide bonds. The Morgan fingerprint density at radius 1 is 0.429 bits per heavy atom. The number of aromatic hydroxyl groups is 4. The van der Waals surface area contributed by atoms with Crippen LogP contribution in [0.1, 0.15) is 193 Å². The number of carbonyl (C=O) groups excluding carboxylic acids is 2. The number of phenolic OH excluding ortho intramolecular Hbond substituents is 4. The average molecular weight is 1000 g/mol. The Morgan fingerprint density at radius 2 is 0.700 bits per heavy atom. The molecule has 10 heteroatoms. The lowest BCUT2D eigenvalue weighted by atomic mass is 9.78. The molecule has 4 aromatic carbocycles. The third kappa shape index (κ3) is 17.5. The zero-order valence-corrected chi connectivity index (χ0v) is 48.1. The highest BCUT2D eigenvalue weighted by Crippen LogP contribution is 2.44. The Kier molecular flexibility index (Phi) is 20.2. The van der Waals surface area contributed by atoms with E-state index in [0.29, 0.717) is 60.6 Å². The van der Waals surface area contributed by atoms with Gasteiger partial charge in [0.1, 0.15) is 36.2 Å². The van der Waals surface area contributed by atoms with Crippen molar-refractivity contribution in [3.05, 3.63) is 104 Å². The molecular weight excluding hydrogens is 913 g/mol. The molecule has 0 radical (unpaired) electrons. The highest BCUT2D eigenvalue weighted by atomic mass is 32.2. The van der Waals surface area contributed by atoms with Crippen molar-refractivity contribution in [2.45, 2.75) is 206 Å². The molecule has 0 spiro atoms. The topological polar surface area (TPSA) is 134 Å². The van der Waals surface area contributed by atoms with Gasteiger partial charge < -0.3 is 29.9 Å². The maximum absolute atomic E-state index is 12.4. The van der Waals surface area contributed by atoms with E-state index in [0.717, 1.165) is 65.4 Å². The van der Waals surface area contributed by atoms with Crippen molar-refractivity contribution in [2.75, 3.05) is 24.7 Å². The quantitative estimate of drug-likeness (QED) is 0.0715. The molecule has 0 saturated carbocycles. The molecule has 0 unspecified atom stereocenters. The van der Waals surface area contributed by atoms with Crippen LogP contribution in [0.3, 0.4) is 0 Å². The van der Waals surface area contributed by atoms with Crippen molar-refractivity contribution < 1.29 is 39.5 Å². The Labute approximate surface area is 431 Å². The highest BCUT2D eigenvalue weighted by molar-refractivity contribution is 7.99. The van der Waals surface area contributed by atoms with Crippen LogP contribution in [0.25, 0.3) is 0 Å². The van der Waals surface area contributed by atoms with E-state index in [1.165, 1.54) is 0 Å². The van der Waals surface area contributed by atoms with E-state index in [1.807, 2.05) is 50.2 Å². The van der Waals surface area contributed by atoms with Crippen molar-refractivity contribution in [2.24, 2.45) is 0 Å². The Hall–Kier alpha value is -4.28. The van der Waals surface area contributed by atoms with Gasteiger partial charge >= 0.3 is 11.9 Å². The number of rotatable bonds is 14. The van der Waals surface area contributed by atoms with Crippen molar-refractivity contribution >= 4 is 35.5 Å². The molecule has 0 aliphatic heterocycles. The van der Waals surface area contributed by atoms with Crippen LogP contribution in [0.2, 0.25) is 0 Å². The van der Waals surface area contributed by atoms with Crippen molar-refractivity contribution in [1.29, 1.82) is 0 Å². The molecule has 8 nitrogen and oxygen atoms in total. The summed E-state index contributed by atoms with van der Waals surface area (Å²) in [5, 5.41) is 42.5. The minimum absolute atomic E-state index is 0.117. The number of hydrogen-bond acceptors (Lipinski definition) is 10. The molecule has 4 rings (SSSR count). The zero-order chi connectivity index (χ0) is 53.5. The fourth-order valence-corrected chi connectivity index (χ4v) is 9.65. The van der Waals surface area contributed by atoms with E-state index in [4.69, 9.17) is 9.47 Å². The molecule has 4 aromatic rings. The smallest absolute Gasteiger partial charge is 0.306 e. The highest BCUT2D eigenvalue weighted by Gasteiger charge is 2.29. The summed E-state index contributed by atoms with van der Waals surface area (Å²) in [7, 11) is 0. The Balaban J connectivity index is 0.000000435. The van der Waals surface area contributed by atoms with E-state index < -0.39 is 0 Å². The maximum Gasteiger partial charge on any atom is 0.306 e. The standard InChI is InChI=1S/C38H58O6S.C22H30O2S/c1-35(2,3)27-21-25(22-28(33(27)41)36(4,5)6)13-15-31(39)43-17-19-45-20-18-44-32(40)16-14-26-23-29(37(7,8)9)34(42)30(24-26)38(10,11)12;1-13-9-17(23)15(21(3,4)5)11-19(13)25-20-12-16(22(6,7)8)18(24)10-14(20)2/h21-24,41-42H,13-20H2,1-12H3;9-12,23-24H,1-8H3. The van der Waals surface area contributed by atoms with Crippen LogP contribution in [-0.2, 0) is 64.4 Å². The molecule has 0 aromatic heterocycles. The van der Waals surface area contributed by atoms with Gasteiger partial charge in [0, 0.05) is 45.3 Å². The third-order valence-corrected chi connectivity index (χ3v) is 14.4. The second-order valence-corrected chi connectivity index (χ2v) is 27.3. The molecule has 0 heterocycles. The zero-order valence-electron chi connectivity index (χ0n) is 46.5. The molecule has 0 aliphatic carbocycles. The summed E-state index contributed by atoms with van der Waals surface area (Å²) in [6, 6.07) is 15.9. The summed E-state index contributed by atoms with van der Waals surface area (Å²) in [6.45, 7) is 42.2. The molecule has 0 saturated heterocycles. The van der Waals surface area contributed by atoms with Crippen LogP contribution in [0.15, 0.2) is 58.3 Å². The second-order valence-electron chi connectivity index (χ2n) is 25.0. The maximum atomic E-state index is 12.4. The molecule has 0 aliphatic rings. The van der Waals surface area contributed by atoms with Gasteiger partial charge in [0.05, 0.1) is 0 Å². The molecule has 70 heavy (non-hydrogen) atoms. The lowest BCUT2D eigenvalue weighted by Crippen LogP contribution is -2.18.